The summed E-state index contributed by atoms with van der Waals surface area (Å²) in [6, 6.07) is 6.04. The third-order valence-electron chi connectivity index (χ3n) is 5.49. The van der Waals surface area contributed by atoms with Crippen LogP contribution in [0.15, 0.2) is 18.2 Å². The molecule has 1 aliphatic carbocycles. The second-order valence-corrected chi connectivity index (χ2v) is 7.24. The monoisotopic (exact) mass is 397 g/mol. The van der Waals surface area contributed by atoms with Gasteiger partial charge >= 0.3 is 0 Å². The topological polar surface area (TPSA) is 113 Å². The van der Waals surface area contributed by atoms with Crippen LogP contribution in [-0.2, 0) is 30.7 Å². The summed E-state index contributed by atoms with van der Waals surface area (Å²) in [5.41, 5.74) is 10.4. The summed E-state index contributed by atoms with van der Waals surface area (Å²) in [7, 11) is 0. The Morgan fingerprint density at radius 2 is 2.14 bits per heavy atom. The molecule has 29 heavy (non-hydrogen) atoms. The number of carbonyl (C=O) groups is 1. The summed E-state index contributed by atoms with van der Waals surface area (Å²) in [6.07, 6.45) is 4.70. The van der Waals surface area contributed by atoms with Crippen molar-refractivity contribution >= 4 is 22.8 Å². The summed E-state index contributed by atoms with van der Waals surface area (Å²) >= 11 is 0. The fraction of sp³-hybridized carbons (Fsp3) is 0.500. The lowest BCUT2D eigenvalue weighted by Crippen LogP contribution is -2.27. The van der Waals surface area contributed by atoms with E-state index in [0.29, 0.717) is 31.9 Å². The molecule has 1 amide bonds. The number of aryl methyl sites for hydroxylation is 2. The molecule has 2 aromatic heterocycles. The van der Waals surface area contributed by atoms with Gasteiger partial charge in [-0.1, -0.05) is 5.10 Å². The minimum absolute atomic E-state index is 0.0750. The predicted octanol–water partition coefficient (Wildman–Crippen LogP) is 1.56. The molecule has 0 unspecified atom stereocenters. The first-order valence-electron chi connectivity index (χ1n) is 10.2. The number of ether oxygens (including phenoxy) is 1. The average Bonchev–Trinajstić information content (AvgIpc) is 3.30. The van der Waals surface area contributed by atoms with Crippen molar-refractivity contribution in [1.29, 1.82) is 0 Å². The lowest BCUT2D eigenvalue weighted by molar-refractivity contribution is 0.0906. The van der Waals surface area contributed by atoms with Gasteiger partial charge in [-0.3, -0.25) is 4.79 Å². The van der Waals surface area contributed by atoms with Gasteiger partial charge in [-0.25, -0.2) is 4.68 Å². The number of carbonyl (C=O) groups excluding carboxylic acids is 1. The van der Waals surface area contributed by atoms with Crippen LogP contribution in [0.2, 0.25) is 0 Å². The highest BCUT2D eigenvalue weighted by Gasteiger charge is 2.20. The van der Waals surface area contributed by atoms with E-state index in [4.69, 9.17) is 10.5 Å². The number of nitrogens with zero attached hydrogens (tertiary/aromatic N) is 5. The van der Waals surface area contributed by atoms with E-state index >= 15 is 0 Å². The van der Waals surface area contributed by atoms with E-state index in [-0.39, 0.29) is 11.9 Å². The van der Waals surface area contributed by atoms with Gasteiger partial charge in [0.15, 0.2) is 0 Å². The van der Waals surface area contributed by atoms with E-state index in [1.807, 2.05) is 12.1 Å². The number of hydrogen-bond acceptors (Lipinski definition) is 6. The Bertz CT molecular complexity index is 1010. The van der Waals surface area contributed by atoms with E-state index < -0.39 is 0 Å². The molecule has 0 spiro atoms. The quantitative estimate of drug-likeness (QED) is 0.558. The Kier molecular flexibility index (Phi) is 5.75. The molecule has 0 saturated heterocycles. The Morgan fingerprint density at radius 3 is 2.93 bits per heavy atom. The van der Waals surface area contributed by atoms with Gasteiger partial charge in [-0.05, 0) is 66.8 Å². The summed E-state index contributed by atoms with van der Waals surface area (Å²) in [4.78, 5) is 12.6. The number of nitrogen functional groups attached to an aromatic ring is 1. The number of benzene rings is 1. The first-order chi connectivity index (χ1) is 14.2. The van der Waals surface area contributed by atoms with Crippen LogP contribution in [-0.4, -0.2) is 50.4 Å². The van der Waals surface area contributed by atoms with E-state index in [2.05, 4.69) is 38.4 Å². The van der Waals surface area contributed by atoms with E-state index in [1.54, 1.807) is 0 Å². The second kappa shape index (κ2) is 8.60. The standard InChI is InChI=1S/C20H27N7O2/c1-2-26-17-6-4-3-5-15(17)16-13-14(7-8-18(16)26)19(28)22-9-11-29-12-10-27-20(21)23-24-25-27/h7-8,13H,2-6,9-12H2,1H3,(H,22,28)(H2,21,23,25). The molecule has 0 aliphatic heterocycles. The van der Waals surface area contributed by atoms with Crippen LogP contribution in [0, 0.1) is 0 Å². The van der Waals surface area contributed by atoms with Crippen molar-refractivity contribution in [1.82, 2.24) is 30.1 Å². The minimum Gasteiger partial charge on any atom is -0.378 e. The molecular weight excluding hydrogens is 370 g/mol. The number of aromatic nitrogens is 5. The first kappa shape index (κ1) is 19.4. The zero-order chi connectivity index (χ0) is 20.2. The molecule has 0 saturated carbocycles. The zero-order valence-corrected chi connectivity index (χ0v) is 16.7. The minimum atomic E-state index is -0.0750. The van der Waals surface area contributed by atoms with Gasteiger partial charge in [0.05, 0.1) is 19.8 Å². The number of anilines is 1. The smallest absolute Gasteiger partial charge is 0.251 e. The van der Waals surface area contributed by atoms with Crippen LogP contribution in [0.1, 0.15) is 41.4 Å². The molecule has 0 bridgehead atoms. The van der Waals surface area contributed by atoms with E-state index in [1.165, 1.54) is 39.7 Å². The molecule has 2 heterocycles. The van der Waals surface area contributed by atoms with Gasteiger partial charge in [0, 0.05) is 35.2 Å². The summed E-state index contributed by atoms with van der Waals surface area (Å²) in [5, 5.41) is 15.0. The fourth-order valence-electron chi connectivity index (χ4n) is 4.10. The predicted molar refractivity (Wildman–Crippen MR) is 110 cm³/mol. The lowest BCUT2D eigenvalue weighted by Gasteiger charge is -2.14. The summed E-state index contributed by atoms with van der Waals surface area (Å²) in [5.74, 6) is 0.186. The normalized spacial score (nSPS) is 13.6. The number of hydrogen-bond donors (Lipinski definition) is 2. The highest BCUT2D eigenvalue weighted by atomic mass is 16.5. The summed E-state index contributed by atoms with van der Waals surface area (Å²) in [6.45, 7) is 4.90. The second-order valence-electron chi connectivity index (χ2n) is 7.24. The molecule has 154 valence electrons. The van der Waals surface area contributed by atoms with Crippen molar-refractivity contribution in [3.8, 4) is 0 Å². The number of fused-ring (bicyclic) bond motifs is 3. The maximum Gasteiger partial charge on any atom is 0.251 e. The number of tetrazole rings is 1. The highest BCUT2D eigenvalue weighted by molar-refractivity contribution is 5.99. The number of nitrogens with one attached hydrogen (secondary N) is 1. The molecule has 4 rings (SSSR count). The van der Waals surface area contributed by atoms with E-state index in [0.717, 1.165) is 19.4 Å². The molecule has 9 nitrogen and oxygen atoms in total. The third-order valence-corrected chi connectivity index (χ3v) is 5.49. The van der Waals surface area contributed by atoms with Crippen LogP contribution in [0.5, 0.6) is 0 Å². The van der Waals surface area contributed by atoms with Gasteiger partial charge in [0.1, 0.15) is 0 Å². The Balaban J connectivity index is 1.33. The maximum absolute atomic E-state index is 12.6. The van der Waals surface area contributed by atoms with Crippen molar-refractivity contribution < 1.29 is 9.53 Å². The Hall–Kier alpha value is -2.94. The van der Waals surface area contributed by atoms with Crippen LogP contribution >= 0.6 is 0 Å². The van der Waals surface area contributed by atoms with Crippen molar-refractivity contribution in [2.24, 2.45) is 0 Å². The number of nitrogens with two attached hydrogens (primary N) is 1. The van der Waals surface area contributed by atoms with Gasteiger partial charge in [-0.2, -0.15) is 0 Å². The molecule has 3 aromatic rings. The molecule has 3 N–H and O–H groups in total. The number of rotatable bonds is 8. The zero-order valence-electron chi connectivity index (χ0n) is 16.7. The van der Waals surface area contributed by atoms with Crippen LogP contribution < -0.4 is 11.1 Å². The van der Waals surface area contributed by atoms with Gasteiger partial charge in [-0.15, -0.1) is 0 Å². The Morgan fingerprint density at radius 1 is 1.28 bits per heavy atom. The molecular formula is C20H27N7O2. The van der Waals surface area contributed by atoms with Crippen LogP contribution in [0.3, 0.4) is 0 Å². The maximum atomic E-state index is 12.6. The average molecular weight is 397 g/mol. The molecule has 0 radical (unpaired) electrons. The number of amides is 1. The van der Waals surface area contributed by atoms with Crippen LogP contribution in [0.4, 0.5) is 5.95 Å². The molecule has 9 heteroatoms. The first-order valence-corrected chi connectivity index (χ1v) is 10.2. The molecule has 1 aliphatic rings. The third kappa shape index (κ3) is 3.95. The van der Waals surface area contributed by atoms with Gasteiger partial charge in [0.25, 0.3) is 5.91 Å². The molecule has 1 aromatic carbocycles. The molecule has 0 atom stereocenters. The highest BCUT2D eigenvalue weighted by Crippen LogP contribution is 2.32. The lowest BCUT2D eigenvalue weighted by atomic mass is 9.95. The van der Waals surface area contributed by atoms with E-state index in [9.17, 15) is 4.79 Å². The van der Waals surface area contributed by atoms with Gasteiger partial charge < -0.3 is 20.4 Å². The Labute approximate surface area is 169 Å². The fourth-order valence-corrected chi connectivity index (χ4v) is 4.10. The largest absolute Gasteiger partial charge is 0.378 e. The van der Waals surface area contributed by atoms with Crippen molar-refractivity contribution in [3.63, 3.8) is 0 Å². The van der Waals surface area contributed by atoms with Crippen LogP contribution in [0.25, 0.3) is 10.9 Å². The molecule has 0 fully saturated rings. The van der Waals surface area contributed by atoms with Crippen molar-refractivity contribution in [2.45, 2.75) is 45.7 Å². The van der Waals surface area contributed by atoms with Gasteiger partial charge in [0.2, 0.25) is 5.95 Å². The summed E-state index contributed by atoms with van der Waals surface area (Å²) < 4.78 is 9.39. The van der Waals surface area contributed by atoms with Crippen molar-refractivity contribution in [2.75, 3.05) is 25.5 Å². The SMILES string of the molecule is CCn1c2c(c3cc(C(=O)NCCOCCn4nnnc4N)ccc31)CCCC2. The van der Waals surface area contributed by atoms with Crippen molar-refractivity contribution in [3.05, 3.63) is 35.0 Å².